The smallest absolute Gasteiger partial charge is 0.255 e. The molecule has 0 saturated carbocycles. The minimum Gasteiger partial charge on any atom is -0.336 e. The summed E-state index contributed by atoms with van der Waals surface area (Å²) in [6.45, 7) is 3.78. The normalized spacial score (nSPS) is 18.6. The van der Waals surface area contributed by atoms with Crippen molar-refractivity contribution in [2.75, 3.05) is 39.3 Å². The standard InChI is InChI=1S/C23H27ClFN3O3S/c24-21-16-19(25)9-8-18(21)17-26-12-14-27(15-13-26)23(29)20-6-2-3-7-22(20)32(30,31)28-10-4-1-5-11-28/h2-3,6-9,16H,1,4-5,10-15,17H2. The number of rotatable bonds is 5. The van der Waals surface area contributed by atoms with Crippen LogP contribution < -0.4 is 0 Å². The van der Waals surface area contributed by atoms with Gasteiger partial charge in [-0.1, -0.05) is 36.2 Å². The van der Waals surface area contributed by atoms with Gasteiger partial charge in [-0.15, -0.1) is 0 Å². The van der Waals surface area contributed by atoms with Crippen LogP contribution in [0.5, 0.6) is 0 Å². The van der Waals surface area contributed by atoms with Crippen LogP contribution in [0.25, 0.3) is 0 Å². The second-order valence-electron chi connectivity index (χ2n) is 8.26. The molecule has 172 valence electrons. The molecule has 32 heavy (non-hydrogen) atoms. The molecule has 6 nitrogen and oxygen atoms in total. The molecule has 2 saturated heterocycles. The van der Waals surface area contributed by atoms with Crippen molar-refractivity contribution in [1.82, 2.24) is 14.1 Å². The molecule has 2 heterocycles. The van der Waals surface area contributed by atoms with E-state index >= 15 is 0 Å². The zero-order valence-electron chi connectivity index (χ0n) is 17.8. The van der Waals surface area contributed by atoms with Crippen LogP contribution in [0.15, 0.2) is 47.4 Å². The lowest BCUT2D eigenvalue weighted by Crippen LogP contribution is -2.48. The summed E-state index contributed by atoms with van der Waals surface area (Å²) in [6, 6.07) is 10.9. The Morgan fingerprint density at radius 1 is 0.938 bits per heavy atom. The number of benzene rings is 2. The first kappa shape index (κ1) is 23.2. The van der Waals surface area contributed by atoms with Gasteiger partial charge in [-0.2, -0.15) is 4.31 Å². The van der Waals surface area contributed by atoms with Crippen LogP contribution in [0.4, 0.5) is 4.39 Å². The molecule has 0 radical (unpaired) electrons. The van der Waals surface area contributed by atoms with Crippen molar-refractivity contribution < 1.29 is 17.6 Å². The highest BCUT2D eigenvalue weighted by molar-refractivity contribution is 7.89. The first-order chi connectivity index (χ1) is 15.4. The maximum atomic E-state index is 13.3. The van der Waals surface area contributed by atoms with E-state index in [-0.39, 0.29) is 22.2 Å². The second-order valence-corrected chi connectivity index (χ2v) is 10.6. The summed E-state index contributed by atoms with van der Waals surface area (Å²) in [5.41, 5.74) is 1.07. The van der Waals surface area contributed by atoms with E-state index in [1.807, 2.05) is 0 Å². The van der Waals surface area contributed by atoms with E-state index in [1.54, 1.807) is 29.2 Å². The molecule has 2 fully saturated rings. The molecule has 4 rings (SSSR count). The van der Waals surface area contributed by atoms with Gasteiger partial charge in [-0.25, -0.2) is 12.8 Å². The van der Waals surface area contributed by atoms with Gasteiger partial charge in [-0.3, -0.25) is 9.69 Å². The molecule has 0 aliphatic carbocycles. The second kappa shape index (κ2) is 9.87. The lowest BCUT2D eigenvalue weighted by atomic mass is 10.1. The van der Waals surface area contributed by atoms with E-state index in [4.69, 9.17) is 11.6 Å². The van der Waals surface area contributed by atoms with E-state index in [2.05, 4.69) is 4.90 Å². The monoisotopic (exact) mass is 479 g/mol. The summed E-state index contributed by atoms with van der Waals surface area (Å²) in [7, 11) is -3.71. The Morgan fingerprint density at radius 2 is 1.62 bits per heavy atom. The maximum absolute atomic E-state index is 13.3. The predicted octanol–water partition coefficient (Wildman–Crippen LogP) is 3.61. The van der Waals surface area contributed by atoms with Crippen LogP contribution >= 0.6 is 11.6 Å². The number of piperidine rings is 1. The average Bonchev–Trinajstić information content (AvgIpc) is 2.81. The van der Waals surface area contributed by atoms with Gasteiger partial charge < -0.3 is 4.90 Å². The molecule has 2 aliphatic rings. The Labute approximate surface area is 193 Å². The molecular formula is C23H27ClFN3O3S. The number of halogens is 2. The van der Waals surface area contributed by atoms with Gasteiger partial charge in [0, 0.05) is 50.8 Å². The molecule has 2 aliphatic heterocycles. The van der Waals surface area contributed by atoms with Crippen molar-refractivity contribution in [3.8, 4) is 0 Å². The van der Waals surface area contributed by atoms with Gasteiger partial charge in [0.25, 0.3) is 5.91 Å². The lowest BCUT2D eigenvalue weighted by Gasteiger charge is -2.35. The average molecular weight is 480 g/mol. The van der Waals surface area contributed by atoms with Crippen molar-refractivity contribution in [3.63, 3.8) is 0 Å². The summed E-state index contributed by atoms with van der Waals surface area (Å²) in [5, 5.41) is 0.389. The number of nitrogens with zero attached hydrogens (tertiary/aromatic N) is 3. The Hall–Kier alpha value is -2.00. The fourth-order valence-corrected chi connectivity index (χ4v) is 6.21. The molecule has 0 unspecified atom stereocenters. The number of carbonyl (C=O) groups excluding carboxylic acids is 1. The minimum atomic E-state index is -3.71. The van der Waals surface area contributed by atoms with Crippen LogP contribution in [-0.2, 0) is 16.6 Å². The van der Waals surface area contributed by atoms with Gasteiger partial charge in [0.1, 0.15) is 5.82 Å². The van der Waals surface area contributed by atoms with Crippen molar-refractivity contribution in [3.05, 3.63) is 64.4 Å². The van der Waals surface area contributed by atoms with Gasteiger partial charge in [0.05, 0.1) is 10.5 Å². The van der Waals surface area contributed by atoms with Gasteiger partial charge in [0.2, 0.25) is 10.0 Å². The Morgan fingerprint density at radius 3 is 2.31 bits per heavy atom. The summed E-state index contributed by atoms with van der Waals surface area (Å²) in [4.78, 5) is 17.2. The van der Waals surface area contributed by atoms with Crippen LogP contribution in [0.3, 0.4) is 0 Å². The summed E-state index contributed by atoms with van der Waals surface area (Å²) in [6.07, 6.45) is 2.71. The number of carbonyl (C=O) groups is 1. The fourth-order valence-electron chi connectivity index (χ4n) is 4.28. The van der Waals surface area contributed by atoms with E-state index in [0.717, 1.165) is 24.8 Å². The number of amides is 1. The number of hydrogen-bond acceptors (Lipinski definition) is 4. The fraction of sp³-hybridized carbons (Fsp3) is 0.435. The molecule has 9 heteroatoms. The van der Waals surface area contributed by atoms with Crippen LogP contribution in [-0.4, -0.2) is 67.7 Å². The third kappa shape index (κ3) is 4.98. The van der Waals surface area contributed by atoms with Crippen LogP contribution in [0.2, 0.25) is 5.02 Å². The number of sulfonamides is 1. The van der Waals surface area contributed by atoms with E-state index in [0.29, 0.717) is 50.8 Å². The molecule has 0 N–H and O–H groups in total. The molecule has 0 spiro atoms. The molecule has 0 aromatic heterocycles. The third-order valence-corrected chi connectivity index (χ3v) is 8.43. The third-order valence-electron chi connectivity index (χ3n) is 6.12. The Kier molecular flexibility index (Phi) is 7.14. The summed E-state index contributed by atoms with van der Waals surface area (Å²) >= 11 is 6.14. The van der Waals surface area contributed by atoms with Gasteiger partial charge in [0.15, 0.2) is 0 Å². The first-order valence-corrected chi connectivity index (χ1v) is 12.7. The van der Waals surface area contributed by atoms with E-state index in [1.165, 1.54) is 22.5 Å². The summed E-state index contributed by atoms with van der Waals surface area (Å²) < 4.78 is 41.2. The maximum Gasteiger partial charge on any atom is 0.255 e. The quantitative estimate of drug-likeness (QED) is 0.657. The summed E-state index contributed by atoms with van der Waals surface area (Å²) in [5.74, 6) is -0.631. The van der Waals surface area contributed by atoms with Crippen molar-refractivity contribution in [2.24, 2.45) is 0 Å². The highest BCUT2D eigenvalue weighted by Gasteiger charge is 2.32. The Balaban J connectivity index is 1.45. The van der Waals surface area contributed by atoms with Crippen molar-refractivity contribution in [1.29, 1.82) is 0 Å². The molecule has 1 amide bonds. The Bertz CT molecular complexity index is 1080. The predicted molar refractivity (Wildman–Crippen MR) is 122 cm³/mol. The van der Waals surface area contributed by atoms with Crippen LogP contribution in [0, 0.1) is 5.82 Å². The molecule has 2 aromatic carbocycles. The zero-order valence-corrected chi connectivity index (χ0v) is 19.4. The molecule has 0 bridgehead atoms. The van der Waals surface area contributed by atoms with Gasteiger partial charge >= 0.3 is 0 Å². The largest absolute Gasteiger partial charge is 0.336 e. The topological polar surface area (TPSA) is 60.9 Å². The van der Waals surface area contributed by atoms with Crippen molar-refractivity contribution >= 4 is 27.5 Å². The zero-order chi connectivity index (χ0) is 22.7. The highest BCUT2D eigenvalue weighted by Crippen LogP contribution is 2.25. The number of piperazine rings is 1. The van der Waals surface area contributed by atoms with Crippen LogP contribution in [0.1, 0.15) is 35.2 Å². The van der Waals surface area contributed by atoms with E-state index in [9.17, 15) is 17.6 Å². The molecule has 2 aromatic rings. The van der Waals surface area contributed by atoms with Gasteiger partial charge in [-0.05, 0) is 42.7 Å². The minimum absolute atomic E-state index is 0.0902. The number of hydrogen-bond donors (Lipinski definition) is 0. The first-order valence-electron chi connectivity index (χ1n) is 10.9. The van der Waals surface area contributed by atoms with E-state index < -0.39 is 10.0 Å². The SMILES string of the molecule is O=C(c1ccccc1S(=O)(=O)N1CCCCC1)N1CCN(Cc2ccc(F)cc2Cl)CC1. The highest BCUT2D eigenvalue weighted by atomic mass is 35.5. The molecule has 0 atom stereocenters. The molecular weight excluding hydrogens is 453 g/mol. The lowest BCUT2D eigenvalue weighted by molar-refractivity contribution is 0.0624. The van der Waals surface area contributed by atoms with Crippen molar-refractivity contribution in [2.45, 2.75) is 30.7 Å².